The van der Waals surface area contributed by atoms with Gasteiger partial charge in [0.15, 0.2) is 0 Å². The van der Waals surface area contributed by atoms with Crippen LogP contribution in [-0.4, -0.2) is 25.1 Å². The van der Waals surface area contributed by atoms with Gasteiger partial charge in [0.1, 0.15) is 0 Å². The van der Waals surface area contributed by atoms with Crippen LogP contribution in [0.5, 0.6) is 0 Å². The van der Waals surface area contributed by atoms with Gasteiger partial charge in [-0.25, -0.2) is 4.79 Å². The van der Waals surface area contributed by atoms with E-state index in [2.05, 4.69) is 16.6 Å². The molecule has 1 unspecified atom stereocenters. The molecule has 6 heteroatoms. The Kier molecular flexibility index (Phi) is 10.5. The smallest absolute Gasteiger partial charge is 0.548 e. The Morgan fingerprint density at radius 2 is 2.07 bits per heavy atom. The minimum atomic E-state index is -1.31. The summed E-state index contributed by atoms with van der Waals surface area (Å²) in [6.45, 7) is 4.85. The molecule has 0 spiro atoms. The van der Waals surface area contributed by atoms with Crippen molar-refractivity contribution in [3.8, 4) is 0 Å². The van der Waals surface area contributed by atoms with Crippen molar-refractivity contribution in [3.63, 3.8) is 0 Å². The van der Waals surface area contributed by atoms with E-state index >= 15 is 0 Å². The van der Waals surface area contributed by atoms with E-state index in [9.17, 15) is 14.7 Å². The molecule has 0 saturated carbocycles. The zero-order valence-corrected chi connectivity index (χ0v) is 12.2. The number of ether oxygens (including phenoxy) is 1. The minimum absolute atomic E-state index is 0. The molecule has 78 valence electrons. The van der Waals surface area contributed by atoms with E-state index in [1.165, 1.54) is 20.1 Å². The average Bonchev–Trinajstić information content (AvgIpc) is 2.13. The Hall–Kier alpha value is -0.144. The van der Waals surface area contributed by atoms with Crippen molar-refractivity contribution in [3.05, 3.63) is 24.4 Å². The Morgan fingerprint density at radius 3 is 2.40 bits per heavy atom. The van der Waals surface area contributed by atoms with Gasteiger partial charge in [0, 0.05) is 11.8 Å². The summed E-state index contributed by atoms with van der Waals surface area (Å²) in [6.07, 6.45) is 2.31. The summed E-state index contributed by atoms with van der Waals surface area (Å²) in [5.74, 6) is -1.87. The first-order chi connectivity index (χ1) is 6.51. The number of hydrogen-bond acceptors (Lipinski definition) is 5. The molecule has 0 bridgehead atoms. The quantitative estimate of drug-likeness (QED) is 0.228. The zero-order chi connectivity index (χ0) is 11.1. The van der Waals surface area contributed by atoms with E-state index in [1.807, 2.05) is 0 Å². The molecule has 1 atom stereocenters. The first kappa shape index (κ1) is 17.3. The van der Waals surface area contributed by atoms with Gasteiger partial charge in [0.05, 0.1) is 19.1 Å². The van der Waals surface area contributed by atoms with Crippen molar-refractivity contribution in [2.24, 2.45) is 0 Å². The molecule has 0 aromatic heterocycles. The van der Waals surface area contributed by atoms with Crippen LogP contribution in [0.1, 0.15) is 6.92 Å². The van der Waals surface area contributed by atoms with Gasteiger partial charge < -0.3 is 20.0 Å². The van der Waals surface area contributed by atoms with Gasteiger partial charge in [0.25, 0.3) is 0 Å². The molecule has 0 amide bonds. The van der Waals surface area contributed by atoms with Crippen LogP contribution in [0.2, 0.25) is 0 Å². The molecular formula is C9H12KNO4. The van der Waals surface area contributed by atoms with E-state index in [1.54, 1.807) is 0 Å². The number of nitrogens with one attached hydrogen (secondary N) is 1. The van der Waals surface area contributed by atoms with Crippen molar-refractivity contribution in [1.29, 1.82) is 0 Å². The first-order valence-corrected chi connectivity index (χ1v) is 3.87. The Balaban J connectivity index is 0. The predicted molar refractivity (Wildman–Crippen MR) is 47.9 cm³/mol. The summed E-state index contributed by atoms with van der Waals surface area (Å²) in [6, 6.07) is -1.02. The second-order valence-corrected chi connectivity index (χ2v) is 2.53. The predicted octanol–water partition coefficient (Wildman–Crippen LogP) is -4.04. The number of hydrogen-bond donors (Lipinski definition) is 1. The average molecular weight is 237 g/mol. The Bertz CT molecular complexity index is 275. The summed E-state index contributed by atoms with van der Waals surface area (Å²) < 4.78 is 4.35. The second kappa shape index (κ2) is 9.11. The van der Waals surface area contributed by atoms with Crippen LogP contribution < -0.4 is 61.8 Å². The summed E-state index contributed by atoms with van der Waals surface area (Å²) in [5, 5.41) is 12.9. The van der Waals surface area contributed by atoms with E-state index in [4.69, 9.17) is 0 Å². The number of carboxylic acid groups (broad SMARTS) is 1. The van der Waals surface area contributed by atoms with Gasteiger partial charge in [-0.2, -0.15) is 0 Å². The topological polar surface area (TPSA) is 78.5 Å². The number of carbonyl (C=O) groups excluding carboxylic acids is 2. The molecule has 0 aromatic rings. The van der Waals surface area contributed by atoms with Crippen LogP contribution >= 0.6 is 0 Å². The molecule has 1 N–H and O–H groups in total. The number of esters is 1. The molecular weight excluding hydrogens is 225 g/mol. The molecule has 0 heterocycles. The van der Waals surface area contributed by atoms with E-state index in [0.29, 0.717) is 5.70 Å². The molecule has 0 rings (SSSR count). The normalized spacial score (nSPS) is 12.0. The maximum absolute atomic E-state index is 10.7. The van der Waals surface area contributed by atoms with Crippen LogP contribution in [0, 0.1) is 0 Å². The molecule has 15 heavy (non-hydrogen) atoms. The van der Waals surface area contributed by atoms with E-state index in [-0.39, 0.29) is 51.4 Å². The van der Waals surface area contributed by atoms with Crippen molar-refractivity contribution in [2.45, 2.75) is 13.0 Å². The molecule has 0 radical (unpaired) electrons. The third-order valence-electron chi connectivity index (χ3n) is 1.41. The maximum Gasteiger partial charge on any atom is 1.00 e. The summed E-state index contributed by atoms with van der Waals surface area (Å²) in [7, 11) is 1.23. The van der Waals surface area contributed by atoms with E-state index < -0.39 is 18.0 Å². The molecule has 0 aliphatic rings. The number of allylic oxidation sites excluding steroid dienone is 1. The zero-order valence-electron chi connectivity index (χ0n) is 9.07. The fourth-order valence-electron chi connectivity index (χ4n) is 0.737. The van der Waals surface area contributed by atoms with Crippen LogP contribution in [0.3, 0.4) is 0 Å². The van der Waals surface area contributed by atoms with Crippen molar-refractivity contribution >= 4 is 11.9 Å². The Morgan fingerprint density at radius 1 is 1.53 bits per heavy atom. The van der Waals surface area contributed by atoms with Crippen LogP contribution in [-0.2, 0) is 14.3 Å². The number of methoxy groups -OCH3 is 1. The Labute approximate surface area is 131 Å². The molecule has 0 aromatic carbocycles. The number of carbonyl (C=O) groups is 2. The molecule has 0 aliphatic carbocycles. The molecule has 5 nitrogen and oxygen atoms in total. The molecule has 0 saturated heterocycles. The SMILES string of the molecule is C=CC(N/C(C)=C\C(=O)OC)C(=O)[O-].[K+]. The van der Waals surface area contributed by atoms with Crippen LogP contribution in [0.15, 0.2) is 24.4 Å². The van der Waals surface area contributed by atoms with Gasteiger partial charge >= 0.3 is 57.4 Å². The first-order valence-electron chi connectivity index (χ1n) is 3.87. The fourth-order valence-corrected chi connectivity index (χ4v) is 0.737. The number of carboxylic acids is 1. The van der Waals surface area contributed by atoms with Crippen molar-refractivity contribution in [1.82, 2.24) is 5.32 Å². The summed E-state index contributed by atoms with van der Waals surface area (Å²) in [4.78, 5) is 21.2. The number of rotatable bonds is 5. The largest absolute Gasteiger partial charge is 1.00 e. The van der Waals surface area contributed by atoms with Gasteiger partial charge in [0.2, 0.25) is 0 Å². The van der Waals surface area contributed by atoms with Crippen molar-refractivity contribution in [2.75, 3.05) is 7.11 Å². The van der Waals surface area contributed by atoms with Gasteiger partial charge in [-0.1, -0.05) is 6.08 Å². The standard InChI is InChI=1S/C9H13NO4.K/c1-4-7(9(12)13)10-6(2)5-8(11)14-3;/h4-5,7,10H,1H2,2-3H3,(H,12,13);/q;+1/p-1/b6-5-;. The van der Waals surface area contributed by atoms with Gasteiger partial charge in [-0.05, 0) is 6.92 Å². The van der Waals surface area contributed by atoms with Gasteiger partial charge in [-0.15, -0.1) is 6.58 Å². The van der Waals surface area contributed by atoms with Crippen LogP contribution in [0.4, 0.5) is 0 Å². The second-order valence-electron chi connectivity index (χ2n) is 2.53. The summed E-state index contributed by atoms with van der Waals surface area (Å²) in [5.41, 5.74) is 0.367. The fraction of sp³-hybridized carbons (Fsp3) is 0.333. The third kappa shape index (κ3) is 7.75. The van der Waals surface area contributed by atoms with Crippen molar-refractivity contribution < 1.29 is 70.8 Å². The molecule has 0 fully saturated rings. The molecule has 0 aliphatic heterocycles. The third-order valence-corrected chi connectivity index (χ3v) is 1.41. The monoisotopic (exact) mass is 237 g/mol. The minimum Gasteiger partial charge on any atom is -0.548 e. The van der Waals surface area contributed by atoms with Crippen LogP contribution in [0.25, 0.3) is 0 Å². The maximum atomic E-state index is 10.7. The summed E-state index contributed by atoms with van der Waals surface area (Å²) >= 11 is 0. The van der Waals surface area contributed by atoms with E-state index in [0.717, 1.165) is 6.08 Å². The number of aliphatic carboxylic acids is 1. The van der Waals surface area contributed by atoms with Gasteiger partial charge in [-0.3, -0.25) is 0 Å².